The molecule has 72 valence electrons. The molecule has 2 aromatic heterocycles. The largest absolute Gasteiger partial charge is 0.276 e. The number of rotatable bonds is 0. The van der Waals surface area contributed by atoms with Gasteiger partial charge in [-0.2, -0.15) is 5.10 Å². The molecule has 14 heavy (non-hydrogen) atoms. The van der Waals surface area contributed by atoms with Crippen LogP contribution in [0.25, 0.3) is 11.0 Å². The van der Waals surface area contributed by atoms with Gasteiger partial charge >= 0.3 is 0 Å². The topological polar surface area (TPSA) is 52.0 Å². The van der Waals surface area contributed by atoms with Crippen LogP contribution in [0.3, 0.4) is 0 Å². The lowest BCUT2D eigenvalue weighted by Gasteiger charge is -2.03. The second-order valence-corrected chi connectivity index (χ2v) is 3.33. The molecule has 0 unspecified atom stereocenters. The van der Waals surface area contributed by atoms with Crippen molar-refractivity contribution in [2.24, 2.45) is 7.05 Å². The number of nitrogens with zero attached hydrogens (tertiary/aromatic N) is 3. The van der Waals surface area contributed by atoms with Crippen molar-refractivity contribution in [3.63, 3.8) is 0 Å². The summed E-state index contributed by atoms with van der Waals surface area (Å²) in [5, 5.41) is 5.49. The fraction of sp³-hybridized carbons (Fsp3) is 0.333. The van der Waals surface area contributed by atoms with E-state index in [0.29, 0.717) is 6.61 Å². The first kappa shape index (κ1) is 7.75. The smallest absolute Gasteiger partial charge is 0.159 e. The Morgan fingerprint density at radius 2 is 2.50 bits per heavy atom. The van der Waals surface area contributed by atoms with Crippen molar-refractivity contribution in [1.82, 2.24) is 14.8 Å². The summed E-state index contributed by atoms with van der Waals surface area (Å²) < 4.78 is 1.81. The van der Waals surface area contributed by atoms with Crippen molar-refractivity contribution >= 4 is 16.7 Å². The minimum atomic E-state index is 0.640. The summed E-state index contributed by atoms with van der Waals surface area (Å²) in [6.45, 7) is 0.640. The summed E-state index contributed by atoms with van der Waals surface area (Å²) >= 11 is 0. The van der Waals surface area contributed by atoms with Gasteiger partial charge in [-0.25, -0.2) is 4.98 Å². The zero-order chi connectivity index (χ0) is 9.54. The highest BCUT2D eigenvalue weighted by Gasteiger charge is 2.16. The lowest BCUT2D eigenvalue weighted by molar-refractivity contribution is 0.199. The van der Waals surface area contributed by atoms with Crippen LogP contribution in [0, 0.1) is 0 Å². The molecular weight excluding hydrogens is 180 g/mol. The van der Waals surface area contributed by atoms with Crippen LogP contribution in [-0.4, -0.2) is 21.4 Å². The third-order valence-corrected chi connectivity index (χ3v) is 2.42. The molecule has 0 bridgehead atoms. The van der Waals surface area contributed by atoms with Gasteiger partial charge in [-0.05, 0) is 6.07 Å². The number of anilines is 1. The molecule has 3 rings (SSSR count). The van der Waals surface area contributed by atoms with Gasteiger partial charge in [0.05, 0.1) is 23.4 Å². The molecule has 1 aliphatic rings. The van der Waals surface area contributed by atoms with Crippen molar-refractivity contribution in [3.8, 4) is 0 Å². The second kappa shape index (κ2) is 2.68. The summed E-state index contributed by atoms with van der Waals surface area (Å²) in [6, 6.07) is 1.90. The van der Waals surface area contributed by atoms with Crippen molar-refractivity contribution in [2.45, 2.75) is 6.42 Å². The van der Waals surface area contributed by atoms with Crippen LogP contribution in [-0.2, 0) is 18.3 Å². The Hall–Kier alpha value is -1.62. The van der Waals surface area contributed by atoms with Gasteiger partial charge < -0.3 is 0 Å². The van der Waals surface area contributed by atoms with E-state index < -0.39 is 0 Å². The van der Waals surface area contributed by atoms with Gasteiger partial charge in [-0.15, -0.1) is 0 Å². The van der Waals surface area contributed by atoms with Crippen molar-refractivity contribution < 1.29 is 4.84 Å². The average Bonchev–Trinajstić information content (AvgIpc) is 2.41. The van der Waals surface area contributed by atoms with E-state index >= 15 is 0 Å². The Labute approximate surface area is 80.6 Å². The molecule has 0 amide bonds. The number of pyridine rings is 1. The average molecular weight is 190 g/mol. The predicted molar refractivity (Wildman–Crippen MR) is 51.8 cm³/mol. The van der Waals surface area contributed by atoms with Crippen LogP contribution >= 0.6 is 0 Å². The highest BCUT2D eigenvalue weighted by Crippen LogP contribution is 2.26. The van der Waals surface area contributed by atoms with Gasteiger partial charge in [0, 0.05) is 19.7 Å². The molecule has 3 heterocycles. The fourth-order valence-corrected chi connectivity index (χ4v) is 1.80. The van der Waals surface area contributed by atoms with E-state index in [9.17, 15) is 0 Å². The molecular formula is C9H10N4O. The first-order valence-electron chi connectivity index (χ1n) is 4.54. The van der Waals surface area contributed by atoms with Gasteiger partial charge in [-0.3, -0.25) is 15.0 Å². The fourth-order valence-electron chi connectivity index (χ4n) is 1.80. The molecule has 5 nitrogen and oxygen atoms in total. The molecule has 2 aromatic rings. The van der Waals surface area contributed by atoms with Crippen LogP contribution in [0.2, 0.25) is 0 Å². The van der Waals surface area contributed by atoms with Gasteiger partial charge in [0.2, 0.25) is 0 Å². The molecule has 0 saturated carbocycles. The third kappa shape index (κ3) is 0.927. The molecule has 0 spiro atoms. The summed E-state index contributed by atoms with van der Waals surface area (Å²) in [6.07, 6.45) is 2.58. The number of hydrogen-bond donors (Lipinski definition) is 1. The van der Waals surface area contributed by atoms with Crippen LogP contribution < -0.4 is 5.48 Å². The highest BCUT2D eigenvalue weighted by molar-refractivity contribution is 5.91. The van der Waals surface area contributed by atoms with E-state index in [0.717, 1.165) is 28.8 Å². The minimum Gasteiger partial charge on any atom is -0.276 e. The van der Waals surface area contributed by atoms with E-state index in [-0.39, 0.29) is 0 Å². The first-order chi connectivity index (χ1) is 6.86. The molecule has 1 N–H and O–H groups in total. The molecule has 0 saturated heterocycles. The molecule has 0 aromatic carbocycles. The number of hydrogen-bond acceptors (Lipinski definition) is 4. The maximum Gasteiger partial charge on any atom is 0.159 e. The Morgan fingerprint density at radius 3 is 3.43 bits per heavy atom. The first-order valence-corrected chi connectivity index (χ1v) is 4.54. The zero-order valence-electron chi connectivity index (χ0n) is 7.82. The Morgan fingerprint density at radius 1 is 1.57 bits per heavy atom. The minimum absolute atomic E-state index is 0.640. The van der Waals surface area contributed by atoms with E-state index in [2.05, 4.69) is 15.6 Å². The predicted octanol–water partition coefficient (Wildman–Crippen LogP) is 0.868. The monoisotopic (exact) mass is 190 g/mol. The molecule has 0 radical (unpaired) electrons. The van der Waals surface area contributed by atoms with Crippen LogP contribution in [0.4, 0.5) is 5.69 Å². The molecule has 0 atom stereocenters. The number of aromatic nitrogens is 3. The quantitative estimate of drug-likeness (QED) is 0.669. The van der Waals surface area contributed by atoms with Crippen molar-refractivity contribution in [1.29, 1.82) is 0 Å². The summed E-state index contributed by atoms with van der Waals surface area (Å²) in [4.78, 5) is 9.53. The summed E-state index contributed by atoms with van der Waals surface area (Å²) in [7, 11) is 1.91. The lowest BCUT2D eigenvalue weighted by atomic mass is 10.2. The summed E-state index contributed by atoms with van der Waals surface area (Å²) in [5.74, 6) is 0. The Bertz CT molecular complexity index is 491. The summed E-state index contributed by atoms with van der Waals surface area (Å²) in [5.41, 5.74) is 5.81. The van der Waals surface area contributed by atoms with E-state index in [1.807, 2.05) is 13.1 Å². The van der Waals surface area contributed by atoms with Gasteiger partial charge in [0.25, 0.3) is 0 Å². The maximum atomic E-state index is 5.24. The maximum absolute atomic E-state index is 5.24. The van der Waals surface area contributed by atoms with Crippen molar-refractivity contribution in [3.05, 3.63) is 18.0 Å². The Balaban J connectivity index is 2.42. The zero-order valence-corrected chi connectivity index (χ0v) is 7.82. The molecule has 5 heteroatoms. The molecule has 0 aliphatic carbocycles. The molecule has 0 fully saturated rings. The van der Waals surface area contributed by atoms with E-state index in [1.54, 1.807) is 10.9 Å². The van der Waals surface area contributed by atoms with Crippen LogP contribution in [0.1, 0.15) is 5.69 Å². The van der Waals surface area contributed by atoms with Gasteiger partial charge in [-0.1, -0.05) is 0 Å². The normalized spacial score (nSPS) is 15.2. The molecule has 1 aliphatic heterocycles. The van der Waals surface area contributed by atoms with E-state index in [1.165, 1.54) is 0 Å². The van der Waals surface area contributed by atoms with Gasteiger partial charge in [0.15, 0.2) is 5.65 Å². The second-order valence-electron chi connectivity index (χ2n) is 3.33. The standard InChI is InChI=1S/C9H10N4O/c1-13-9-8-6(11-13)3-5-14-12-7(8)2-4-10-9/h2,4,12H,3,5H2,1H3. The van der Waals surface area contributed by atoms with Crippen LogP contribution in [0.15, 0.2) is 12.3 Å². The van der Waals surface area contributed by atoms with Gasteiger partial charge in [0.1, 0.15) is 0 Å². The number of nitrogens with one attached hydrogen (secondary N) is 1. The number of aryl methyl sites for hydroxylation is 1. The van der Waals surface area contributed by atoms with Crippen LogP contribution in [0.5, 0.6) is 0 Å². The SMILES string of the molecule is Cn1nc2c3c(ccnc31)NOCC2. The van der Waals surface area contributed by atoms with E-state index in [4.69, 9.17) is 4.84 Å². The van der Waals surface area contributed by atoms with Crippen molar-refractivity contribution in [2.75, 3.05) is 12.1 Å². The third-order valence-electron chi connectivity index (χ3n) is 2.42. The Kier molecular flexibility index (Phi) is 1.49. The highest BCUT2D eigenvalue weighted by atomic mass is 16.6. The lowest BCUT2D eigenvalue weighted by Crippen LogP contribution is -2.03.